The highest BCUT2D eigenvalue weighted by atomic mass is 16.6. The lowest BCUT2D eigenvalue weighted by Gasteiger charge is -2.59. The van der Waals surface area contributed by atoms with Crippen LogP contribution in [0.5, 0.6) is 11.8 Å². The largest absolute Gasteiger partial charge is 0.494 e. The number of rotatable bonds is 4. The molecule has 0 radical (unpaired) electrons. The Morgan fingerprint density at radius 1 is 1.15 bits per heavy atom. The molecule has 5 rings (SSSR count). The van der Waals surface area contributed by atoms with Crippen LogP contribution in [-0.2, 0) is 14.9 Å². The average molecular weight is 361 g/mol. The topological polar surface area (TPSA) is 82.5 Å². The first-order chi connectivity index (χ1) is 12.2. The van der Waals surface area contributed by atoms with E-state index in [9.17, 15) is 15.0 Å². The summed E-state index contributed by atoms with van der Waals surface area (Å²) in [5.41, 5.74) is -0.416. The summed E-state index contributed by atoms with van der Waals surface area (Å²) in [5, 5.41) is 20.2. The fourth-order valence-corrected chi connectivity index (χ4v) is 6.26. The second-order valence-corrected chi connectivity index (χ2v) is 9.39. The molecule has 4 saturated carbocycles. The van der Waals surface area contributed by atoms with Crippen LogP contribution in [0.3, 0.4) is 0 Å². The number of nitrogens with one attached hydrogen (secondary N) is 1. The molecule has 4 fully saturated rings. The van der Waals surface area contributed by atoms with E-state index in [1.807, 2.05) is 13.8 Å². The van der Waals surface area contributed by atoms with Gasteiger partial charge in [0.1, 0.15) is 5.60 Å². The zero-order valence-electron chi connectivity index (χ0n) is 16.3. The molecule has 4 bridgehead atoms. The fourth-order valence-electron chi connectivity index (χ4n) is 6.26. The number of carbonyl (C=O) groups is 1. The summed E-state index contributed by atoms with van der Waals surface area (Å²) in [6, 6.07) is 0. The molecular formula is C21H31NO4. The highest BCUT2D eigenvalue weighted by molar-refractivity contribution is 5.85. The van der Waals surface area contributed by atoms with Gasteiger partial charge in [-0.25, -0.2) is 0 Å². The molecule has 0 saturated heterocycles. The Morgan fingerprint density at radius 3 is 2.12 bits per heavy atom. The Labute approximate surface area is 155 Å². The molecule has 0 amide bonds. The van der Waals surface area contributed by atoms with Gasteiger partial charge in [-0.05, 0) is 83.0 Å². The highest BCUT2D eigenvalue weighted by Gasteiger charge is 2.58. The Hall–Kier alpha value is -1.65. The number of aromatic hydroxyl groups is 2. The second kappa shape index (κ2) is 5.67. The highest BCUT2D eigenvalue weighted by Crippen LogP contribution is 2.60. The number of aromatic amines is 1. The summed E-state index contributed by atoms with van der Waals surface area (Å²) in [7, 11) is 0. The van der Waals surface area contributed by atoms with Gasteiger partial charge in [-0.1, -0.05) is 6.92 Å². The van der Waals surface area contributed by atoms with Crippen LogP contribution in [0.2, 0.25) is 0 Å². The number of carbonyl (C=O) groups excluding carboxylic acids is 1. The van der Waals surface area contributed by atoms with E-state index in [4.69, 9.17) is 4.74 Å². The van der Waals surface area contributed by atoms with Crippen molar-refractivity contribution in [2.24, 2.45) is 23.7 Å². The van der Waals surface area contributed by atoms with Gasteiger partial charge >= 0.3 is 5.97 Å². The summed E-state index contributed by atoms with van der Waals surface area (Å²) in [5.74, 6) is 2.02. The molecule has 3 N–H and O–H groups in total. The minimum atomic E-state index is -0.983. The number of aromatic nitrogens is 1. The number of esters is 1. The molecule has 1 aromatic rings. The maximum absolute atomic E-state index is 13.4. The van der Waals surface area contributed by atoms with E-state index < -0.39 is 11.0 Å². The Morgan fingerprint density at radius 2 is 1.69 bits per heavy atom. The van der Waals surface area contributed by atoms with Crippen LogP contribution < -0.4 is 0 Å². The number of hydrogen-bond acceptors (Lipinski definition) is 4. The Balaban J connectivity index is 1.64. The molecule has 4 aliphatic carbocycles. The molecular weight excluding hydrogens is 330 g/mol. The smallest absolute Gasteiger partial charge is 0.317 e. The van der Waals surface area contributed by atoms with Crippen molar-refractivity contribution in [2.45, 2.75) is 77.2 Å². The first-order valence-corrected chi connectivity index (χ1v) is 10.0. The quantitative estimate of drug-likeness (QED) is 0.703. The van der Waals surface area contributed by atoms with Crippen LogP contribution in [0.15, 0.2) is 0 Å². The van der Waals surface area contributed by atoms with Gasteiger partial charge in [0.05, 0.1) is 5.41 Å². The van der Waals surface area contributed by atoms with Gasteiger partial charge < -0.3 is 14.9 Å². The Bertz CT molecular complexity index is 709. The summed E-state index contributed by atoms with van der Waals surface area (Å²) < 4.78 is 6.30. The van der Waals surface area contributed by atoms with Crippen molar-refractivity contribution in [3.8, 4) is 11.8 Å². The normalized spacial score (nSPS) is 37.5. The lowest BCUT2D eigenvalue weighted by atomic mass is 9.50. The van der Waals surface area contributed by atoms with Crippen LogP contribution >= 0.6 is 0 Å². The minimum Gasteiger partial charge on any atom is -0.494 e. The molecule has 0 aliphatic heterocycles. The molecule has 1 heterocycles. The molecule has 144 valence electrons. The van der Waals surface area contributed by atoms with Gasteiger partial charge in [0.25, 0.3) is 0 Å². The SMILES string of the molecule is CCC(C)(C(=O)OC1(C)C2CC3CC(C2)CC1C3)c1c(O)[nH]c(O)c1C. The van der Waals surface area contributed by atoms with Crippen LogP contribution in [0.1, 0.15) is 70.4 Å². The van der Waals surface area contributed by atoms with Crippen molar-refractivity contribution in [3.63, 3.8) is 0 Å². The van der Waals surface area contributed by atoms with Crippen LogP contribution in [-0.4, -0.2) is 26.8 Å². The molecule has 4 aliphatic rings. The third kappa shape index (κ3) is 2.31. The predicted octanol–water partition coefficient (Wildman–Crippen LogP) is 4.16. The first kappa shape index (κ1) is 17.7. The van der Waals surface area contributed by atoms with Crippen molar-refractivity contribution >= 4 is 5.97 Å². The molecule has 1 unspecified atom stereocenters. The van der Waals surface area contributed by atoms with Crippen molar-refractivity contribution < 1.29 is 19.7 Å². The van der Waals surface area contributed by atoms with Crippen molar-refractivity contribution in [1.29, 1.82) is 0 Å². The molecule has 26 heavy (non-hydrogen) atoms. The van der Waals surface area contributed by atoms with Gasteiger partial charge in [0.2, 0.25) is 0 Å². The maximum atomic E-state index is 13.4. The molecule has 5 nitrogen and oxygen atoms in total. The lowest BCUT2D eigenvalue weighted by Crippen LogP contribution is -2.59. The number of ether oxygens (including phenoxy) is 1. The number of hydrogen-bond donors (Lipinski definition) is 3. The van der Waals surface area contributed by atoms with E-state index >= 15 is 0 Å². The van der Waals surface area contributed by atoms with Crippen LogP contribution in [0.25, 0.3) is 0 Å². The van der Waals surface area contributed by atoms with Gasteiger partial charge in [-0.2, -0.15) is 0 Å². The monoisotopic (exact) mass is 361 g/mol. The van der Waals surface area contributed by atoms with Gasteiger partial charge in [-0.3, -0.25) is 9.78 Å². The van der Waals surface area contributed by atoms with E-state index in [1.54, 1.807) is 6.92 Å². The Kier molecular flexibility index (Phi) is 3.87. The third-order valence-electron chi connectivity index (χ3n) is 7.99. The van der Waals surface area contributed by atoms with Crippen molar-refractivity contribution in [1.82, 2.24) is 4.98 Å². The summed E-state index contributed by atoms with van der Waals surface area (Å²) >= 11 is 0. The zero-order valence-corrected chi connectivity index (χ0v) is 16.3. The maximum Gasteiger partial charge on any atom is 0.317 e. The molecule has 5 heteroatoms. The van der Waals surface area contributed by atoms with Crippen molar-refractivity contribution in [3.05, 3.63) is 11.1 Å². The van der Waals surface area contributed by atoms with E-state index in [0.29, 0.717) is 29.4 Å². The van der Waals surface area contributed by atoms with E-state index in [0.717, 1.165) is 11.8 Å². The van der Waals surface area contributed by atoms with Crippen molar-refractivity contribution in [2.75, 3.05) is 0 Å². The van der Waals surface area contributed by atoms with E-state index in [-0.39, 0.29) is 17.7 Å². The zero-order chi connectivity index (χ0) is 18.9. The predicted molar refractivity (Wildman–Crippen MR) is 98.0 cm³/mol. The third-order valence-corrected chi connectivity index (χ3v) is 7.99. The molecule has 0 spiro atoms. The van der Waals surface area contributed by atoms with Gasteiger partial charge in [0.15, 0.2) is 11.8 Å². The number of H-pyrrole nitrogens is 1. The summed E-state index contributed by atoms with van der Waals surface area (Å²) in [6.07, 6.45) is 6.56. The van der Waals surface area contributed by atoms with Crippen LogP contribution in [0.4, 0.5) is 0 Å². The molecule has 0 aromatic carbocycles. The van der Waals surface area contributed by atoms with Gasteiger partial charge in [-0.15, -0.1) is 0 Å². The first-order valence-electron chi connectivity index (χ1n) is 10.0. The summed E-state index contributed by atoms with van der Waals surface area (Å²) in [6.45, 7) is 7.58. The van der Waals surface area contributed by atoms with E-state index in [1.165, 1.54) is 32.1 Å². The molecule has 1 atom stereocenters. The standard InChI is InChI=1S/C21H31NO4/c1-5-20(3,16-11(2)17(23)22-18(16)24)19(25)26-21(4)14-7-12-6-13(9-14)10-15(21)8-12/h12-15,22-24H,5-10H2,1-4H3. The fraction of sp³-hybridized carbons (Fsp3) is 0.762. The average Bonchev–Trinajstić information content (AvgIpc) is 2.84. The lowest BCUT2D eigenvalue weighted by molar-refractivity contribution is -0.208. The van der Waals surface area contributed by atoms with Crippen LogP contribution in [0, 0.1) is 30.6 Å². The minimum absolute atomic E-state index is 0.0918. The molecule has 1 aromatic heterocycles. The summed E-state index contributed by atoms with van der Waals surface area (Å²) in [4.78, 5) is 15.9. The van der Waals surface area contributed by atoms with E-state index in [2.05, 4.69) is 11.9 Å². The van der Waals surface area contributed by atoms with Gasteiger partial charge in [0, 0.05) is 11.1 Å². The second-order valence-electron chi connectivity index (χ2n) is 9.39.